The third kappa shape index (κ3) is 5.68. The Morgan fingerprint density at radius 1 is 1.15 bits per heavy atom. The molecule has 0 saturated heterocycles. The molecule has 0 heterocycles. The Labute approximate surface area is 156 Å². The molecule has 0 unspecified atom stereocenters. The van der Waals surface area contributed by atoms with Crippen molar-refractivity contribution >= 4 is 23.5 Å². The highest BCUT2D eigenvalue weighted by molar-refractivity contribution is 5.97. The quantitative estimate of drug-likeness (QED) is 0.763. The van der Waals surface area contributed by atoms with E-state index in [0.717, 1.165) is 5.56 Å². The number of carbonyl (C=O) groups is 3. The smallest absolute Gasteiger partial charge is 0.328 e. The number of aryl methyl sites for hydroxylation is 1. The first kappa shape index (κ1) is 19.7. The van der Waals surface area contributed by atoms with Crippen LogP contribution in [0.2, 0.25) is 0 Å². The Kier molecular flexibility index (Phi) is 6.67. The maximum atomic E-state index is 12.1. The Morgan fingerprint density at radius 2 is 1.89 bits per heavy atom. The zero-order chi connectivity index (χ0) is 19.8. The lowest BCUT2D eigenvalue weighted by Crippen LogP contribution is -2.40. The van der Waals surface area contributed by atoms with Gasteiger partial charge in [0.1, 0.15) is 12.1 Å². The molecule has 2 N–H and O–H groups in total. The van der Waals surface area contributed by atoms with Gasteiger partial charge in [0.2, 0.25) is 0 Å². The molecule has 1 atom stereocenters. The van der Waals surface area contributed by atoms with E-state index in [2.05, 4.69) is 10.6 Å². The van der Waals surface area contributed by atoms with E-state index in [1.54, 1.807) is 42.5 Å². The standard InChI is InChI=1S/C20H19N3O4/c1-13-6-5-8-15(10-13)19(25)22-14(2)20(26)27-12-18(24)23-17-9-4-3-7-16(17)11-21/h3-10,14H,12H2,1-2H3,(H,22,25)(H,23,24)/t14-/m0/s1. The van der Waals surface area contributed by atoms with E-state index in [-0.39, 0.29) is 0 Å². The van der Waals surface area contributed by atoms with Gasteiger partial charge in [-0.1, -0.05) is 29.8 Å². The number of anilines is 1. The van der Waals surface area contributed by atoms with Crippen molar-refractivity contribution < 1.29 is 19.1 Å². The van der Waals surface area contributed by atoms with Crippen molar-refractivity contribution in [3.8, 4) is 6.07 Å². The Balaban J connectivity index is 1.85. The van der Waals surface area contributed by atoms with E-state index in [4.69, 9.17) is 10.00 Å². The zero-order valence-corrected chi connectivity index (χ0v) is 15.0. The van der Waals surface area contributed by atoms with Crippen LogP contribution in [0.15, 0.2) is 48.5 Å². The number of para-hydroxylation sites is 1. The van der Waals surface area contributed by atoms with Crippen LogP contribution in [0.3, 0.4) is 0 Å². The molecule has 7 nitrogen and oxygen atoms in total. The van der Waals surface area contributed by atoms with Gasteiger partial charge in [0, 0.05) is 5.56 Å². The highest BCUT2D eigenvalue weighted by atomic mass is 16.5. The summed E-state index contributed by atoms with van der Waals surface area (Å²) in [6.45, 7) is 2.81. The molecule has 0 aliphatic rings. The summed E-state index contributed by atoms with van der Waals surface area (Å²) in [5.74, 6) is -1.72. The van der Waals surface area contributed by atoms with Crippen LogP contribution >= 0.6 is 0 Å². The van der Waals surface area contributed by atoms with Gasteiger partial charge < -0.3 is 15.4 Å². The van der Waals surface area contributed by atoms with Crippen molar-refractivity contribution in [1.82, 2.24) is 5.32 Å². The molecule has 0 saturated carbocycles. The summed E-state index contributed by atoms with van der Waals surface area (Å²) < 4.78 is 4.92. The van der Waals surface area contributed by atoms with Gasteiger partial charge in [-0.25, -0.2) is 4.79 Å². The number of nitrogens with zero attached hydrogens (tertiary/aromatic N) is 1. The van der Waals surface area contributed by atoms with Crippen LogP contribution in [0.25, 0.3) is 0 Å². The molecule has 0 radical (unpaired) electrons. The lowest BCUT2D eigenvalue weighted by molar-refractivity contribution is -0.148. The normalized spacial score (nSPS) is 11.0. The molecule has 0 bridgehead atoms. The first-order chi connectivity index (χ1) is 12.9. The maximum Gasteiger partial charge on any atom is 0.328 e. The number of rotatable bonds is 6. The molecule has 0 aromatic heterocycles. The van der Waals surface area contributed by atoms with Crippen LogP contribution in [0.5, 0.6) is 0 Å². The molecule has 2 aromatic rings. The summed E-state index contributed by atoms with van der Waals surface area (Å²) in [6.07, 6.45) is 0. The molecule has 27 heavy (non-hydrogen) atoms. The van der Waals surface area contributed by atoms with E-state index < -0.39 is 30.4 Å². The first-order valence-electron chi connectivity index (χ1n) is 8.24. The predicted octanol–water partition coefficient (Wildman–Crippen LogP) is 2.17. The zero-order valence-electron chi connectivity index (χ0n) is 15.0. The van der Waals surface area contributed by atoms with Crippen molar-refractivity contribution in [2.24, 2.45) is 0 Å². The molecule has 7 heteroatoms. The third-order valence-corrected chi connectivity index (χ3v) is 3.65. The van der Waals surface area contributed by atoms with Crippen molar-refractivity contribution in [3.63, 3.8) is 0 Å². The Bertz CT molecular complexity index is 902. The van der Waals surface area contributed by atoms with E-state index in [1.165, 1.54) is 6.92 Å². The largest absolute Gasteiger partial charge is 0.454 e. The fourth-order valence-corrected chi connectivity index (χ4v) is 2.26. The molecular formula is C20H19N3O4. The van der Waals surface area contributed by atoms with E-state index >= 15 is 0 Å². The van der Waals surface area contributed by atoms with Gasteiger partial charge in [0.05, 0.1) is 11.3 Å². The molecule has 2 aromatic carbocycles. The summed E-state index contributed by atoms with van der Waals surface area (Å²) in [4.78, 5) is 36.0. The topological polar surface area (TPSA) is 108 Å². The molecule has 0 aliphatic carbocycles. The molecular weight excluding hydrogens is 346 g/mol. The van der Waals surface area contributed by atoms with Crippen LogP contribution in [-0.2, 0) is 14.3 Å². The fraction of sp³-hybridized carbons (Fsp3) is 0.200. The average molecular weight is 365 g/mol. The van der Waals surface area contributed by atoms with Gasteiger partial charge in [0.15, 0.2) is 6.61 Å². The van der Waals surface area contributed by atoms with Gasteiger partial charge in [-0.05, 0) is 38.1 Å². The number of ether oxygens (including phenoxy) is 1. The second-order valence-electron chi connectivity index (χ2n) is 5.88. The van der Waals surface area contributed by atoms with Gasteiger partial charge in [-0.3, -0.25) is 9.59 Å². The summed E-state index contributed by atoms with van der Waals surface area (Å²) >= 11 is 0. The van der Waals surface area contributed by atoms with Crippen molar-refractivity contribution in [2.45, 2.75) is 19.9 Å². The summed E-state index contributed by atoms with van der Waals surface area (Å²) in [5.41, 5.74) is 1.99. The maximum absolute atomic E-state index is 12.1. The van der Waals surface area contributed by atoms with E-state index in [1.807, 2.05) is 19.1 Å². The van der Waals surface area contributed by atoms with Crippen molar-refractivity contribution in [2.75, 3.05) is 11.9 Å². The van der Waals surface area contributed by atoms with Crippen LogP contribution < -0.4 is 10.6 Å². The van der Waals surface area contributed by atoms with Gasteiger partial charge >= 0.3 is 5.97 Å². The molecule has 0 fully saturated rings. The number of amides is 2. The second kappa shape index (κ2) is 9.15. The summed E-state index contributed by atoms with van der Waals surface area (Å²) in [6, 6.07) is 14.5. The van der Waals surface area contributed by atoms with Crippen molar-refractivity contribution in [3.05, 3.63) is 65.2 Å². The number of nitriles is 1. The molecule has 0 spiro atoms. The number of esters is 1. The van der Waals surface area contributed by atoms with Gasteiger partial charge in [0.25, 0.3) is 11.8 Å². The SMILES string of the molecule is Cc1cccc(C(=O)N[C@@H](C)C(=O)OCC(=O)Nc2ccccc2C#N)c1. The fourth-order valence-electron chi connectivity index (χ4n) is 2.26. The number of benzene rings is 2. The summed E-state index contributed by atoms with van der Waals surface area (Å²) in [5, 5.41) is 14.0. The first-order valence-corrected chi connectivity index (χ1v) is 8.24. The Morgan fingerprint density at radius 3 is 2.59 bits per heavy atom. The number of hydrogen-bond acceptors (Lipinski definition) is 5. The third-order valence-electron chi connectivity index (χ3n) is 3.65. The van der Waals surface area contributed by atoms with Crippen LogP contribution in [-0.4, -0.2) is 30.4 Å². The van der Waals surface area contributed by atoms with E-state index in [9.17, 15) is 14.4 Å². The average Bonchev–Trinajstić information content (AvgIpc) is 2.66. The minimum absolute atomic E-state index is 0.302. The second-order valence-corrected chi connectivity index (χ2v) is 5.88. The predicted molar refractivity (Wildman–Crippen MR) is 98.9 cm³/mol. The lowest BCUT2D eigenvalue weighted by Gasteiger charge is -2.14. The minimum Gasteiger partial charge on any atom is -0.454 e. The van der Waals surface area contributed by atoms with E-state index in [0.29, 0.717) is 16.8 Å². The highest BCUT2D eigenvalue weighted by Crippen LogP contribution is 2.13. The number of carbonyl (C=O) groups excluding carboxylic acids is 3. The Hall–Kier alpha value is -3.66. The number of nitrogens with one attached hydrogen (secondary N) is 2. The molecule has 138 valence electrons. The lowest BCUT2D eigenvalue weighted by atomic mass is 10.1. The van der Waals surface area contributed by atoms with Crippen LogP contribution in [0.4, 0.5) is 5.69 Å². The van der Waals surface area contributed by atoms with Crippen molar-refractivity contribution in [1.29, 1.82) is 5.26 Å². The van der Waals surface area contributed by atoms with Crippen LogP contribution in [0, 0.1) is 18.3 Å². The van der Waals surface area contributed by atoms with Crippen LogP contribution in [0.1, 0.15) is 28.4 Å². The summed E-state index contributed by atoms with van der Waals surface area (Å²) in [7, 11) is 0. The van der Waals surface area contributed by atoms with Gasteiger partial charge in [-0.15, -0.1) is 0 Å². The number of hydrogen-bond donors (Lipinski definition) is 2. The monoisotopic (exact) mass is 365 g/mol. The van der Waals surface area contributed by atoms with Gasteiger partial charge in [-0.2, -0.15) is 5.26 Å². The molecule has 2 amide bonds. The molecule has 2 rings (SSSR count). The highest BCUT2D eigenvalue weighted by Gasteiger charge is 2.19. The molecule has 0 aliphatic heterocycles. The minimum atomic E-state index is -0.919.